The van der Waals surface area contributed by atoms with Gasteiger partial charge in [-0.05, 0) is 50.5 Å². The molecule has 1 aliphatic heterocycles. The van der Waals surface area contributed by atoms with Gasteiger partial charge in [0.15, 0.2) is 0 Å². The van der Waals surface area contributed by atoms with Gasteiger partial charge in [-0.2, -0.15) is 0 Å². The molecule has 5 rings (SSSR count). The van der Waals surface area contributed by atoms with Crippen LogP contribution in [0, 0.1) is 13.8 Å². The van der Waals surface area contributed by atoms with E-state index < -0.39 is 0 Å². The molecule has 30 heavy (non-hydrogen) atoms. The van der Waals surface area contributed by atoms with Gasteiger partial charge in [0.1, 0.15) is 6.26 Å². The number of fused-ring (bicyclic) bond motifs is 1. The number of nitrogens with one attached hydrogen (secondary N) is 1. The lowest BCUT2D eigenvalue weighted by molar-refractivity contribution is 0.178. The molecule has 154 valence electrons. The summed E-state index contributed by atoms with van der Waals surface area (Å²) in [5.41, 5.74) is 6.30. The Morgan fingerprint density at radius 3 is 2.73 bits per heavy atom. The van der Waals surface area contributed by atoms with Crippen LogP contribution in [0.5, 0.6) is 0 Å². The zero-order chi connectivity index (χ0) is 20.7. The van der Waals surface area contributed by atoms with E-state index in [2.05, 4.69) is 41.9 Å². The van der Waals surface area contributed by atoms with Gasteiger partial charge < -0.3 is 9.40 Å². The van der Waals surface area contributed by atoms with E-state index in [1.807, 2.05) is 28.8 Å². The second-order valence-electron chi connectivity index (χ2n) is 8.29. The molecular formula is C24H26N4O2. The molecule has 0 unspecified atom stereocenters. The van der Waals surface area contributed by atoms with Crippen LogP contribution in [-0.2, 0) is 6.54 Å². The largest absolute Gasteiger partial charge is 0.444 e. The number of likely N-dealkylation sites (tertiary alicyclic amines) is 1. The van der Waals surface area contributed by atoms with E-state index in [0.29, 0.717) is 5.89 Å². The Labute approximate surface area is 175 Å². The topological polar surface area (TPSA) is 67.1 Å². The Morgan fingerprint density at radius 2 is 1.93 bits per heavy atom. The molecule has 4 aromatic rings. The molecule has 0 atom stereocenters. The van der Waals surface area contributed by atoms with Crippen LogP contribution in [0.1, 0.15) is 35.7 Å². The lowest BCUT2D eigenvalue weighted by Crippen LogP contribution is -2.36. The van der Waals surface area contributed by atoms with E-state index in [1.165, 1.54) is 11.1 Å². The maximum absolute atomic E-state index is 12.5. The van der Waals surface area contributed by atoms with Crippen molar-refractivity contribution in [1.29, 1.82) is 0 Å². The van der Waals surface area contributed by atoms with Gasteiger partial charge in [-0.1, -0.05) is 29.8 Å². The molecule has 6 heteroatoms. The second-order valence-corrected chi connectivity index (χ2v) is 8.29. The summed E-state index contributed by atoms with van der Waals surface area (Å²) in [4.78, 5) is 22.6. The van der Waals surface area contributed by atoms with Crippen molar-refractivity contribution in [3.63, 3.8) is 0 Å². The third-order valence-electron chi connectivity index (χ3n) is 6.10. The quantitative estimate of drug-likeness (QED) is 0.548. The van der Waals surface area contributed by atoms with Gasteiger partial charge in [0.05, 0.1) is 16.7 Å². The van der Waals surface area contributed by atoms with E-state index in [-0.39, 0.29) is 11.7 Å². The predicted octanol–water partition coefficient (Wildman–Crippen LogP) is 4.44. The number of benzene rings is 2. The highest BCUT2D eigenvalue weighted by Gasteiger charge is 2.24. The Balaban J connectivity index is 1.26. The summed E-state index contributed by atoms with van der Waals surface area (Å²) in [6.45, 7) is 6.81. The Hall–Kier alpha value is -3.12. The van der Waals surface area contributed by atoms with Gasteiger partial charge in [-0.25, -0.2) is 9.78 Å². The number of rotatable bonds is 4. The van der Waals surface area contributed by atoms with Crippen LogP contribution in [-0.4, -0.2) is 32.5 Å². The minimum atomic E-state index is -0.00994. The lowest BCUT2D eigenvalue weighted by atomic mass is 10.0. The monoisotopic (exact) mass is 402 g/mol. The number of para-hydroxylation sites is 2. The molecule has 1 fully saturated rings. The molecule has 0 radical (unpaired) electrons. The van der Waals surface area contributed by atoms with Crippen molar-refractivity contribution in [3.8, 4) is 11.5 Å². The first-order valence-corrected chi connectivity index (χ1v) is 10.5. The van der Waals surface area contributed by atoms with Gasteiger partial charge in [0.2, 0.25) is 5.89 Å². The molecule has 1 saturated heterocycles. The van der Waals surface area contributed by atoms with E-state index in [0.717, 1.165) is 54.8 Å². The number of H-pyrrole nitrogens is 1. The third kappa shape index (κ3) is 3.48. The molecule has 0 aliphatic carbocycles. The normalized spacial score (nSPS) is 15.8. The van der Waals surface area contributed by atoms with E-state index in [4.69, 9.17) is 9.40 Å². The Bertz CT molecular complexity index is 1240. The molecule has 2 aromatic carbocycles. The highest BCUT2D eigenvalue weighted by Crippen LogP contribution is 2.27. The third-order valence-corrected chi connectivity index (χ3v) is 6.10. The number of aryl methyl sites for hydroxylation is 2. The fourth-order valence-electron chi connectivity index (χ4n) is 4.56. The molecule has 0 spiro atoms. The van der Waals surface area contributed by atoms with Gasteiger partial charge in [-0.15, -0.1) is 0 Å². The van der Waals surface area contributed by atoms with Crippen LogP contribution in [0.2, 0.25) is 0 Å². The van der Waals surface area contributed by atoms with Gasteiger partial charge >= 0.3 is 5.69 Å². The molecule has 1 N–H and O–H groups in total. The standard InChI is InChI=1S/C24H26N4O2/c1-16-7-8-20(17(2)13-16)23-25-18(15-30-23)14-27-11-9-19(10-12-27)28-22-6-4-3-5-21(22)26-24(28)29/h3-8,13,15,19H,9-12,14H2,1-2H3,(H,26,29). The van der Waals surface area contributed by atoms with Crippen LogP contribution >= 0.6 is 0 Å². The predicted molar refractivity (Wildman–Crippen MR) is 118 cm³/mol. The summed E-state index contributed by atoms with van der Waals surface area (Å²) < 4.78 is 7.70. The van der Waals surface area contributed by atoms with Crippen molar-refractivity contribution in [2.75, 3.05) is 13.1 Å². The fourth-order valence-corrected chi connectivity index (χ4v) is 4.56. The summed E-state index contributed by atoms with van der Waals surface area (Å²) in [5.74, 6) is 0.683. The first kappa shape index (κ1) is 18.9. The first-order chi connectivity index (χ1) is 14.6. The number of hydrogen-bond donors (Lipinski definition) is 1. The fraction of sp³-hybridized carbons (Fsp3) is 0.333. The highest BCUT2D eigenvalue weighted by molar-refractivity contribution is 5.75. The SMILES string of the molecule is Cc1ccc(-c2nc(CN3CCC(n4c(=O)[nH]c5ccccc54)CC3)co2)c(C)c1. The Morgan fingerprint density at radius 1 is 1.13 bits per heavy atom. The minimum Gasteiger partial charge on any atom is -0.444 e. The van der Waals surface area contributed by atoms with Crippen LogP contribution in [0.25, 0.3) is 22.5 Å². The molecule has 6 nitrogen and oxygen atoms in total. The molecule has 0 saturated carbocycles. The summed E-state index contributed by atoms with van der Waals surface area (Å²) in [6.07, 6.45) is 3.66. The molecular weight excluding hydrogens is 376 g/mol. The summed E-state index contributed by atoms with van der Waals surface area (Å²) >= 11 is 0. The van der Waals surface area contributed by atoms with Crippen molar-refractivity contribution in [2.24, 2.45) is 0 Å². The van der Waals surface area contributed by atoms with Crippen LogP contribution in [0.4, 0.5) is 0 Å². The number of aromatic nitrogens is 3. The summed E-state index contributed by atoms with van der Waals surface area (Å²) in [6, 6.07) is 14.5. The smallest absolute Gasteiger partial charge is 0.326 e. The number of piperidine rings is 1. The second kappa shape index (κ2) is 7.61. The molecule has 3 heterocycles. The summed E-state index contributed by atoms with van der Waals surface area (Å²) in [7, 11) is 0. The van der Waals surface area contributed by atoms with Crippen molar-refractivity contribution in [2.45, 2.75) is 39.3 Å². The highest BCUT2D eigenvalue weighted by atomic mass is 16.3. The molecule has 1 aliphatic rings. The van der Waals surface area contributed by atoms with Crippen LogP contribution in [0.15, 0.2) is 57.9 Å². The maximum atomic E-state index is 12.5. The molecule has 0 amide bonds. The lowest BCUT2D eigenvalue weighted by Gasteiger charge is -2.31. The van der Waals surface area contributed by atoms with Gasteiger partial charge in [-0.3, -0.25) is 9.47 Å². The maximum Gasteiger partial charge on any atom is 0.326 e. The zero-order valence-corrected chi connectivity index (χ0v) is 17.4. The average molecular weight is 402 g/mol. The van der Waals surface area contributed by atoms with E-state index in [9.17, 15) is 4.79 Å². The van der Waals surface area contributed by atoms with Crippen molar-refractivity contribution in [3.05, 3.63) is 76.0 Å². The first-order valence-electron chi connectivity index (χ1n) is 10.5. The summed E-state index contributed by atoms with van der Waals surface area (Å²) in [5, 5.41) is 0. The van der Waals surface area contributed by atoms with Crippen LogP contribution < -0.4 is 5.69 Å². The van der Waals surface area contributed by atoms with Crippen molar-refractivity contribution in [1.82, 2.24) is 19.4 Å². The van der Waals surface area contributed by atoms with Crippen molar-refractivity contribution < 1.29 is 4.42 Å². The van der Waals surface area contributed by atoms with Crippen LogP contribution in [0.3, 0.4) is 0 Å². The number of oxazole rings is 1. The number of imidazole rings is 1. The average Bonchev–Trinajstić information content (AvgIpc) is 3.32. The van der Waals surface area contributed by atoms with Gasteiger partial charge in [0, 0.05) is 31.2 Å². The molecule has 0 bridgehead atoms. The minimum absolute atomic E-state index is 0.00994. The van der Waals surface area contributed by atoms with E-state index >= 15 is 0 Å². The van der Waals surface area contributed by atoms with Crippen molar-refractivity contribution >= 4 is 11.0 Å². The zero-order valence-electron chi connectivity index (χ0n) is 17.4. The number of nitrogens with zero attached hydrogens (tertiary/aromatic N) is 3. The number of hydrogen-bond acceptors (Lipinski definition) is 4. The number of aromatic amines is 1. The van der Waals surface area contributed by atoms with E-state index in [1.54, 1.807) is 6.26 Å². The Kier molecular flexibility index (Phi) is 4.79. The molecule has 2 aromatic heterocycles. The van der Waals surface area contributed by atoms with Gasteiger partial charge in [0.25, 0.3) is 0 Å².